The number of nitrogens with zero attached hydrogens (tertiary/aromatic N) is 3. The van der Waals surface area contributed by atoms with Gasteiger partial charge in [-0.05, 0) is 123 Å². The topological polar surface area (TPSA) is 38.7 Å². The Hall–Kier alpha value is -5.41. The van der Waals surface area contributed by atoms with Crippen LogP contribution in [0.1, 0.15) is 68.2 Å². The highest BCUT2D eigenvalue weighted by molar-refractivity contribution is 5.98. The maximum Gasteiger partial charge on any atom is 0.164 e. The molecule has 4 saturated carbocycles. The molecule has 13 rings (SSSR count). The van der Waals surface area contributed by atoms with Gasteiger partial charge in [0.25, 0.3) is 0 Å². The molecule has 0 saturated heterocycles. The summed E-state index contributed by atoms with van der Waals surface area (Å²) in [6.45, 7) is 4.66. The molecule has 6 aliphatic rings. The van der Waals surface area contributed by atoms with Gasteiger partial charge >= 0.3 is 0 Å². The minimum absolute atomic E-state index is 0.0890. The Morgan fingerprint density at radius 2 is 1.06 bits per heavy atom. The fourth-order valence-corrected chi connectivity index (χ4v) is 12.3. The number of hydrogen-bond acceptors (Lipinski definition) is 3. The molecule has 6 aliphatic carbocycles. The summed E-state index contributed by atoms with van der Waals surface area (Å²) in [5.41, 5.74) is 14.3. The second-order valence-electron chi connectivity index (χ2n) is 17.2. The number of hydrogen-bond donors (Lipinski definition) is 0. The van der Waals surface area contributed by atoms with Crippen LogP contribution in [0.2, 0.25) is 0 Å². The molecule has 0 amide bonds. The van der Waals surface area contributed by atoms with Gasteiger partial charge in [0.2, 0.25) is 0 Å². The van der Waals surface area contributed by atoms with Crippen LogP contribution in [0, 0.1) is 23.7 Å². The average molecular weight is 684 g/mol. The smallest absolute Gasteiger partial charge is 0.164 e. The molecule has 53 heavy (non-hydrogen) atoms. The zero-order valence-electron chi connectivity index (χ0n) is 30.3. The third-order valence-electron chi connectivity index (χ3n) is 14.3. The molecule has 7 aromatic rings. The third-order valence-corrected chi connectivity index (χ3v) is 14.3. The summed E-state index contributed by atoms with van der Waals surface area (Å²) in [7, 11) is 0. The van der Waals surface area contributed by atoms with Crippen molar-refractivity contribution in [3.8, 4) is 56.4 Å². The quantitative estimate of drug-likeness (QED) is 0.186. The fraction of sp³-hybridized carbons (Fsp3) is 0.260. The van der Waals surface area contributed by atoms with E-state index < -0.39 is 0 Å². The highest BCUT2D eigenvalue weighted by atomic mass is 15.0. The first-order chi connectivity index (χ1) is 26.0. The Morgan fingerprint density at radius 1 is 0.453 bits per heavy atom. The van der Waals surface area contributed by atoms with Crippen molar-refractivity contribution in [3.63, 3.8) is 0 Å². The molecule has 0 atom stereocenters. The van der Waals surface area contributed by atoms with E-state index in [0.717, 1.165) is 34.4 Å². The van der Waals surface area contributed by atoms with Gasteiger partial charge in [0.05, 0.1) is 0 Å². The number of aromatic nitrogens is 3. The Morgan fingerprint density at radius 3 is 1.83 bits per heavy atom. The van der Waals surface area contributed by atoms with Crippen molar-refractivity contribution in [2.75, 3.05) is 0 Å². The second kappa shape index (κ2) is 10.6. The van der Waals surface area contributed by atoms with Gasteiger partial charge in [-0.15, -0.1) is 0 Å². The van der Waals surface area contributed by atoms with E-state index in [-0.39, 0.29) is 10.8 Å². The van der Waals surface area contributed by atoms with Crippen molar-refractivity contribution < 1.29 is 0 Å². The summed E-state index contributed by atoms with van der Waals surface area (Å²) in [4.78, 5) is 15.7. The molecule has 3 heteroatoms. The first-order valence-electron chi connectivity index (χ1n) is 19.7. The monoisotopic (exact) mass is 683 g/mol. The Labute approximate surface area is 311 Å². The SMILES string of the molecule is CC1(C)c2ccccc2-c2ccc(-c3nc(-c4ccccc4)nc(-c4ccc5c(c4)-c4ccc6ccccc6c4C54C5CC6CC(C5)CC4C6)n3)cc21. The zero-order valence-corrected chi connectivity index (χ0v) is 30.3. The highest BCUT2D eigenvalue weighted by Crippen LogP contribution is 2.70. The van der Waals surface area contributed by atoms with E-state index in [9.17, 15) is 0 Å². The lowest BCUT2D eigenvalue weighted by atomic mass is 9.43. The van der Waals surface area contributed by atoms with E-state index in [0.29, 0.717) is 23.5 Å². The van der Waals surface area contributed by atoms with Crippen LogP contribution in [0.25, 0.3) is 67.2 Å². The van der Waals surface area contributed by atoms with Gasteiger partial charge in [-0.3, -0.25) is 0 Å². The minimum atomic E-state index is -0.106. The highest BCUT2D eigenvalue weighted by Gasteiger charge is 2.62. The maximum absolute atomic E-state index is 5.31. The summed E-state index contributed by atoms with van der Waals surface area (Å²) in [5, 5.41) is 2.81. The van der Waals surface area contributed by atoms with Crippen molar-refractivity contribution in [2.45, 2.75) is 56.8 Å². The van der Waals surface area contributed by atoms with Gasteiger partial charge in [0.15, 0.2) is 17.5 Å². The predicted molar refractivity (Wildman–Crippen MR) is 214 cm³/mol. The summed E-state index contributed by atoms with van der Waals surface area (Å²) < 4.78 is 0. The average Bonchev–Trinajstić information content (AvgIpc) is 3.62. The molecule has 0 unspecified atom stereocenters. The van der Waals surface area contributed by atoms with E-state index >= 15 is 0 Å². The zero-order chi connectivity index (χ0) is 35.1. The normalized spacial score (nSPS) is 25.0. The van der Waals surface area contributed by atoms with Crippen LogP contribution >= 0.6 is 0 Å². The van der Waals surface area contributed by atoms with Crippen LogP contribution in [-0.4, -0.2) is 15.0 Å². The Kier molecular flexibility index (Phi) is 6.02. The molecule has 4 bridgehead atoms. The molecular formula is C50H41N3. The van der Waals surface area contributed by atoms with Crippen LogP contribution in [0.15, 0.2) is 127 Å². The Balaban J connectivity index is 1.05. The molecule has 0 radical (unpaired) electrons. The lowest BCUT2D eigenvalue weighted by Crippen LogP contribution is -2.55. The summed E-state index contributed by atoms with van der Waals surface area (Å²) in [6, 6.07) is 47.2. The van der Waals surface area contributed by atoms with E-state index in [2.05, 4.69) is 135 Å². The van der Waals surface area contributed by atoms with E-state index in [4.69, 9.17) is 15.0 Å². The molecule has 4 fully saturated rings. The van der Waals surface area contributed by atoms with Gasteiger partial charge in [0.1, 0.15) is 0 Å². The third kappa shape index (κ3) is 4.03. The second-order valence-corrected chi connectivity index (χ2v) is 17.2. The number of rotatable bonds is 3. The van der Waals surface area contributed by atoms with Crippen molar-refractivity contribution in [1.82, 2.24) is 15.0 Å². The Bertz CT molecular complexity index is 2640. The summed E-state index contributed by atoms with van der Waals surface area (Å²) in [6.07, 6.45) is 6.94. The number of fused-ring (bicyclic) bond motifs is 8. The number of benzene rings is 6. The molecule has 1 heterocycles. The maximum atomic E-state index is 5.31. The minimum Gasteiger partial charge on any atom is -0.208 e. The lowest BCUT2D eigenvalue weighted by Gasteiger charge is -2.61. The molecule has 256 valence electrons. The molecule has 0 N–H and O–H groups in total. The van der Waals surface area contributed by atoms with Crippen LogP contribution in [0.4, 0.5) is 0 Å². The summed E-state index contributed by atoms with van der Waals surface area (Å²) in [5.74, 6) is 5.38. The molecule has 3 nitrogen and oxygen atoms in total. The van der Waals surface area contributed by atoms with Crippen LogP contribution in [0.3, 0.4) is 0 Å². The summed E-state index contributed by atoms with van der Waals surface area (Å²) >= 11 is 0. The van der Waals surface area contributed by atoms with Gasteiger partial charge in [0, 0.05) is 27.5 Å². The van der Waals surface area contributed by atoms with Gasteiger partial charge in [-0.25, -0.2) is 15.0 Å². The first-order valence-corrected chi connectivity index (χ1v) is 19.7. The fourth-order valence-electron chi connectivity index (χ4n) is 12.3. The van der Waals surface area contributed by atoms with Crippen molar-refractivity contribution in [2.24, 2.45) is 23.7 Å². The van der Waals surface area contributed by atoms with E-state index in [1.807, 2.05) is 6.07 Å². The van der Waals surface area contributed by atoms with Gasteiger partial charge in [-0.2, -0.15) is 0 Å². The van der Waals surface area contributed by atoms with E-state index in [1.54, 1.807) is 11.1 Å². The standard InChI is InChI=1S/C50H41N3/c1-49(2)42-15-9-8-14-38(42)39-19-17-34(28-44(39)49)48-52-46(32-11-4-3-5-12-32)51-47(53-48)33-18-21-43-41(27-33)40-20-16-31-10-6-7-13-37(31)45(40)50(43)35-23-29-22-30(25-35)26-36(50)24-29/h3-21,27-30,35-36H,22-26H2,1-2H3. The van der Waals surface area contributed by atoms with Crippen LogP contribution in [-0.2, 0) is 10.8 Å². The largest absolute Gasteiger partial charge is 0.208 e. The van der Waals surface area contributed by atoms with Gasteiger partial charge < -0.3 is 0 Å². The molecule has 6 aromatic carbocycles. The van der Waals surface area contributed by atoms with Crippen molar-refractivity contribution in [3.05, 3.63) is 150 Å². The molecule has 1 spiro atoms. The lowest BCUT2D eigenvalue weighted by molar-refractivity contribution is -0.0393. The van der Waals surface area contributed by atoms with E-state index in [1.165, 1.54) is 76.3 Å². The van der Waals surface area contributed by atoms with Crippen molar-refractivity contribution >= 4 is 10.8 Å². The predicted octanol–water partition coefficient (Wildman–Crippen LogP) is 12.1. The first kappa shape index (κ1) is 30.1. The van der Waals surface area contributed by atoms with Gasteiger partial charge in [-0.1, -0.05) is 129 Å². The molecular weight excluding hydrogens is 643 g/mol. The molecule has 0 aliphatic heterocycles. The van der Waals surface area contributed by atoms with Crippen LogP contribution in [0.5, 0.6) is 0 Å². The van der Waals surface area contributed by atoms with Crippen LogP contribution < -0.4 is 0 Å². The van der Waals surface area contributed by atoms with Crippen molar-refractivity contribution in [1.29, 1.82) is 0 Å². The molecule has 1 aromatic heterocycles.